The number of aliphatic hydroxyl groups excluding tert-OH is 2. The van der Waals surface area contributed by atoms with Crippen LogP contribution in [-0.2, 0) is 0 Å². The Morgan fingerprint density at radius 3 is 2.75 bits per heavy atom. The summed E-state index contributed by atoms with van der Waals surface area (Å²) >= 11 is 0. The summed E-state index contributed by atoms with van der Waals surface area (Å²) in [4.78, 5) is 2.02. The highest BCUT2D eigenvalue weighted by Gasteiger charge is 2.39. The third kappa shape index (κ3) is 3.31. The largest absolute Gasteiger partial charge is 0.418 e. The Bertz CT molecular complexity index is 989. The van der Waals surface area contributed by atoms with Crippen LogP contribution in [-0.4, -0.2) is 45.9 Å². The molecule has 2 N–H and O–H groups in total. The van der Waals surface area contributed by atoms with Crippen LogP contribution in [0.3, 0.4) is 0 Å². The molecular weight excluding hydrogens is 375 g/mol. The smallest absolute Gasteiger partial charge is 0.394 e. The lowest BCUT2D eigenvalue weighted by atomic mass is 9.99. The van der Waals surface area contributed by atoms with Crippen LogP contribution in [0.2, 0.25) is 0 Å². The minimum Gasteiger partial charge on any atom is -0.394 e. The second-order valence-electron chi connectivity index (χ2n) is 6.87. The van der Waals surface area contributed by atoms with Gasteiger partial charge in [-0.1, -0.05) is 18.2 Å². The van der Waals surface area contributed by atoms with Crippen LogP contribution in [0.4, 0.5) is 18.9 Å². The number of anilines is 1. The van der Waals surface area contributed by atoms with E-state index in [2.05, 4.69) is 10.3 Å². The molecule has 4 rings (SSSR count). The van der Waals surface area contributed by atoms with Crippen molar-refractivity contribution in [3.05, 3.63) is 42.0 Å². The summed E-state index contributed by atoms with van der Waals surface area (Å²) in [7, 11) is 0. The van der Waals surface area contributed by atoms with Gasteiger partial charge < -0.3 is 15.1 Å². The molecule has 3 aromatic rings. The molecule has 1 aromatic heterocycles. The molecule has 28 heavy (non-hydrogen) atoms. The molecule has 1 aliphatic heterocycles. The number of hydrogen-bond acceptors (Lipinski definition) is 6. The summed E-state index contributed by atoms with van der Waals surface area (Å²) in [6.45, 7) is 0.716. The van der Waals surface area contributed by atoms with E-state index in [1.165, 1.54) is 18.2 Å². The van der Waals surface area contributed by atoms with Crippen LogP contribution >= 0.6 is 0 Å². The van der Waals surface area contributed by atoms with Gasteiger partial charge in [-0.05, 0) is 58.0 Å². The number of halogens is 3. The van der Waals surface area contributed by atoms with Gasteiger partial charge in [0.1, 0.15) is 5.52 Å². The zero-order valence-corrected chi connectivity index (χ0v) is 14.7. The van der Waals surface area contributed by atoms with Crippen LogP contribution in [0.15, 0.2) is 41.0 Å². The van der Waals surface area contributed by atoms with Crippen molar-refractivity contribution in [1.29, 1.82) is 0 Å². The fourth-order valence-electron chi connectivity index (χ4n) is 3.68. The third-order valence-corrected chi connectivity index (χ3v) is 5.08. The maximum atomic E-state index is 12.9. The van der Waals surface area contributed by atoms with Gasteiger partial charge in [-0.15, -0.1) is 0 Å². The van der Waals surface area contributed by atoms with E-state index in [1.807, 2.05) is 4.90 Å². The first kappa shape index (κ1) is 18.7. The molecule has 2 unspecified atom stereocenters. The predicted molar refractivity (Wildman–Crippen MR) is 95.7 cm³/mol. The predicted octanol–water partition coefficient (Wildman–Crippen LogP) is 3.45. The molecule has 0 aliphatic carbocycles. The first-order valence-corrected chi connectivity index (χ1v) is 8.87. The molecule has 0 radical (unpaired) electrons. The molecule has 2 aromatic carbocycles. The first-order valence-electron chi connectivity index (χ1n) is 8.87. The van der Waals surface area contributed by atoms with Crippen molar-refractivity contribution in [2.75, 3.05) is 18.1 Å². The molecule has 0 bridgehead atoms. The molecule has 1 saturated heterocycles. The minimum atomic E-state index is -4.74. The maximum Gasteiger partial charge on any atom is 0.418 e. The number of aliphatic hydroxyl groups is 2. The summed E-state index contributed by atoms with van der Waals surface area (Å²) in [5.41, 5.74) is 2.62. The number of hydrogen-bond donors (Lipinski definition) is 2. The van der Waals surface area contributed by atoms with E-state index in [1.54, 1.807) is 18.2 Å². The van der Waals surface area contributed by atoms with Gasteiger partial charge in [0, 0.05) is 6.54 Å². The number of benzene rings is 2. The molecule has 2 atom stereocenters. The maximum absolute atomic E-state index is 12.9. The Balaban J connectivity index is 1.80. The summed E-state index contributed by atoms with van der Waals surface area (Å²) in [5, 5.41) is 27.0. The summed E-state index contributed by atoms with van der Waals surface area (Å²) in [5.74, 6) is 0. The Kier molecular flexibility index (Phi) is 4.72. The normalized spacial score (nSPS) is 18.8. The highest BCUT2D eigenvalue weighted by atomic mass is 19.4. The standard InChI is InChI=1S/C19H18F3N3O3/c20-19(21,22)18(27)12-4-1-3-11(7-12)13-8-15-17(24-28-23-15)16(9-13)25-6-2-5-14(25)10-26/h1,3-4,7-9,14,18,26-27H,2,5-6,10H2. The Morgan fingerprint density at radius 2 is 2.00 bits per heavy atom. The molecule has 0 spiro atoms. The topological polar surface area (TPSA) is 82.6 Å². The minimum absolute atomic E-state index is 0.00966. The fraction of sp³-hybridized carbons (Fsp3) is 0.368. The number of fused-ring (bicyclic) bond motifs is 1. The third-order valence-electron chi connectivity index (χ3n) is 5.08. The van der Waals surface area contributed by atoms with E-state index in [-0.39, 0.29) is 18.2 Å². The van der Waals surface area contributed by atoms with E-state index in [0.717, 1.165) is 19.4 Å². The van der Waals surface area contributed by atoms with Gasteiger partial charge in [-0.2, -0.15) is 13.2 Å². The van der Waals surface area contributed by atoms with Gasteiger partial charge in [0.05, 0.1) is 18.3 Å². The Labute approximate surface area is 158 Å². The fourth-order valence-corrected chi connectivity index (χ4v) is 3.68. The zero-order valence-electron chi connectivity index (χ0n) is 14.7. The van der Waals surface area contributed by atoms with Crippen LogP contribution in [0, 0.1) is 0 Å². The second kappa shape index (κ2) is 7.06. The lowest BCUT2D eigenvalue weighted by Gasteiger charge is -2.25. The van der Waals surface area contributed by atoms with Crippen molar-refractivity contribution in [1.82, 2.24) is 10.3 Å². The average molecular weight is 393 g/mol. The SMILES string of the molecule is OCC1CCCN1c1cc(-c2cccc(C(O)C(F)(F)F)c2)cc2nonc12. The molecule has 148 valence electrons. The molecule has 6 nitrogen and oxygen atoms in total. The zero-order chi connectivity index (χ0) is 19.9. The van der Waals surface area contributed by atoms with Crippen LogP contribution in [0.5, 0.6) is 0 Å². The van der Waals surface area contributed by atoms with Gasteiger partial charge in [-0.25, -0.2) is 4.63 Å². The molecule has 2 heterocycles. The number of aromatic nitrogens is 2. The molecule has 0 saturated carbocycles. The van der Waals surface area contributed by atoms with Gasteiger partial charge in [-0.3, -0.25) is 0 Å². The van der Waals surface area contributed by atoms with Crippen LogP contribution in [0.1, 0.15) is 24.5 Å². The van der Waals surface area contributed by atoms with E-state index in [9.17, 15) is 23.4 Å². The van der Waals surface area contributed by atoms with Crippen molar-refractivity contribution < 1.29 is 28.0 Å². The Morgan fingerprint density at radius 1 is 1.18 bits per heavy atom. The van der Waals surface area contributed by atoms with Crippen molar-refractivity contribution in [2.24, 2.45) is 0 Å². The van der Waals surface area contributed by atoms with Gasteiger partial charge in [0.25, 0.3) is 0 Å². The van der Waals surface area contributed by atoms with E-state index in [4.69, 9.17) is 4.63 Å². The summed E-state index contributed by atoms with van der Waals surface area (Å²) in [6.07, 6.45) is -5.55. The lowest BCUT2D eigenvalue weighted by molar-refractivity contribution is -0.206. The van der Waals surface area contributed by atoms with Crippen molar-refractivity contribution in [3.8, 4) is 11.1 Å². The van der Waals surface area contributed by atoms with Crippen molar-refractivity contribution >= 4 is 16.7 Å². The van der Waals surface area contributed by atoms with Gasteiger partial charge in [0.15, 0.2) is 11.6 Å². The number of rotatable bonds is 4. The molecular formula is C19H18F3N3O3. The van der Waals surface area contributed by atoms with E-state index >= 15 is 0 Å². The lowest BCUT2D eigenvalue weighted by Crippen LogP contribution is -2.32. The van der Waals surface area contributed by atoms with Gasteiger partial charge in [0.2, 0.25) is 0 Å². The van der Waals surface area contributed by atoms with Crippen LogP contribution < -0.4 is 4.90 Å². The summed E-state index contributed by atoms with van der Waals surface area (Å²) < 4.78 is 43.5. The van der Waals surface area contributed by atoms with Crippen molar-refractivity contribution in [3.63, 3.8) is 0 Å². The monoisotopic (exact) mass is 393 g/mol. The van der Waals surface area contributed by atoms with Crippen LogP contribution in [0.25, 0.3) is 22.2 Å². The molecule has 1 fully saturated rings. The molecule has 1 aliphatic rings. The quantitative estimate of drug-likeness (QED) is 0.707. The highest BCUT2D eigenvalue weighted by molar-refractivity contribution is 5.93. The highest BCUT2D eigenvalue weighted by Crippen LogP contribution is 2.37. The molecule has 0 amide bonds. The second-order valence-corrected chi connectivity index (χ2v) is 6.87. The van der Waals surface area contributed by atoms with E-state index < -0.39 is 12.3 Å². The number of alkyl halides is 3. The van der Waals surface area contributed by atoms with Crippen molar-refractivity contribution in [2.45, 2.75) is 31.2 Å². The summed E-state index contributed by atoms with van der Waals surface area (Å²) in [6, 6.07) is 9.10. The van der Waals surface area contributed by atoms with Gasteiger partial charge >= 0.3 is 6.18 Å². The Hall–Kier alpha value is -2.65. The van der Waals surface area contributed by atoms with E-state index in [0.29, 0.717) is 27.8 Å². The average Bonchev–Trinajstić information content (AvgIpc) is 3.34. The first-order chi connectivity index (χ1) is 13.4. The molecule has 9 heteroatoms. The number of nitrogens with zero attached hydrogens (tertiary/aromatic N) is 3.